The summed E-state index contributed by atoms with van der Waals surface area (Å²) < 4.78 is 5.55. The van der Waals surface area contributed by atoms with E-state index >= 15 is 0 Å². The first-order valence-electron chi connectivity index (χ1n) is 4.68. The zero-order chi connectivity index (χ0) is 11.1. The monoisotopic (exact) mass is 235 g/mol. The Hall–Kier alpha value is -0.290. The van der Waals surface area contributed by atoms with Crippen LogP contribution in [-0.4, -0.2) is 33.7 Å². The molecule has 3 nitrogen and oxygen atoms in total. The van der Waals surface area contributed by atoms with Crippen LogP contribution in [0.5, 0.6) is 0 Å². The fraction of sp³-hybridized carbons (Fsp3) is 0.778. The molecule has 0 radical (unpaired) electrons. The zero-order valence-corrected chi connectivity index (χ0v) is 10.7. The molecule has 0 aromatic carbocycles. The van der Waals surface area contributed by atoms with E-state index in [0.29, 0.717) is 4.32 Å². The molecule has 0 bridgehead atoms. The summed E-state index contributed by atoms with van der Waals surface area (Å²) in [6, 6.07) is 0. The van der Waals surface area contributed by atoms with Gasteiger partial charge in [0.2, 0.25) is 0 Å². The van der Waals surface area contributed by atoms with Gasteiger partial charge in [0, 0.05) is 24.9 Å². The molecule has 0 aromatic heterocycles. The Bertz CT molecular complexity index is 203. The minimum atomic E-state index is -0.322. The summed E-state index contributed by atoms with van der Waals surface area (Å²) in [6.45, 7) is 9.28. The normalized spacial score (nSPS) is 10.1. The lowest BCUT2D eigenvalue weighted by atomic mass is 10.5. The number of carbonyl (C=O) groups is 1. The largest absolute Gasteiger partial charge is 0.455 e. The average molecular weight is 235 g/mol. The summed E-state index contributed by atoms with van der Waals surface area (Å²) in [5, 5.41) is -0.322. The third kappa shape index (κ3) is 5.44. The highest BCUT2D eigenvalue weighted by Crippen LogP contribution is 2.13. The van der Waals surface area contributed by atoms with Crippen LogP contribution in [0.3, 0.4) is 0 Å². The number of nitrogens with zero attached hydrogens (tertiary/aromatic N) is 1. The van der Waals surface area contributed by atoms with Crippen molar-refractivity contribution < 1.29 is 9.53 Å². The molecule has 0 aliphatic rings. The summed E-state index contributed by atoms with van der Waals surface area (Å²) in [4.78, 5) is 13.2. The van der Waals surface area contributed by atoms with Crippen molar-refractivity contribution in [3.05, 3.63) is 0 Å². The highest BCUT2D eigenvalue weighted by Gasteiger charge is 2.13. The third-order valence-corrected chi connectivity index (χ3v) is 2.73. The molecule has 0 atom stereocenters. The van der Waals surface area contributed by atoms with E-state index in [1.165, 1.54) is 0 Å². The van der Waals surface area contributed by atoms with Crippen LogP contribution in [-0.2, 0) is 4.74 Å². The Morgan fingerprint density at radius 2 is 1.93 bits per heavy atom. The summed E-state index contributed by atoms with van der Waals surface area (Å²) >= 11 is 6.07. The van der Waals surface area contributed by atoms with Crippen molar-refractivity contribution in [2.45, 2.75) is 33.8 Å². The summed E-state index contributed by atoms with van der Waals surface area (Å²) in [5.74, 6) is 0. The molecule has 0 aliphatic heterocycles. The summed E-state index contributed by atoms with van der Waals surface area (Å²) in [5.41, 5.74) is 0. The van der Waals surface area contributed by atoms with Gasteiger partial charge < -0.3 is 9.64 Å². The van der Waals surface area contributed by atoms with Crippen molar-refractivity contribution in [3.8, 4) is 0 Å². The number of thioether (sulfide) groups is 1. The van der Waals surface area contributed by atoms with Gasteiger partial charge in [-0.3, -0.25) is 0 Å². The zero-order valence-electron chi connectivity index (χ0n) is 9.07. The minimum absolute atomic E-state index is 0.0884. The molecule has 0 aliphatic carbocycles. The van der Waals surface area contributed by atoms with Crippen molar-refractivity contribution >= 4 is 33.6 Å². The van der Waals surface area contributed by atoms with Crippen molar-refractivity contribution in [3.63, 3.8) is 0 Å². The Morgan fingerprint density at radius 3 is 2.29 bits per heavy atom. The SMILES string of the molecule is CCN(CC)C(=S)SC(=O)OC(C)C. The fourth-order valence-electron chi connectivity index (χ4n) is 0.834. The van der Waals surface area contributed by atoms with Crippen molar-refractivity contribution in [1.82, 2.24) is 4.90 Å². The second kappa shape index (κ2) is 7.06. The number of rotatable bonds is 3. The van der Waals surface area contributed by atoms with E-state index in [-0.39, 0.29) is 11.4 Å². The van der Waals surface area contributed by atoms with Crippen LogP contribution in [0, 0.1) is 0 Å². The van der Waals surface area contributed by atoms with Gasteiger partial charge in [-0.05, 0) is 27.7 Å². The topological polar surface area (TPSA) is 29.5 Å². The predicted molar refractivity (Wildman–Crippen MR) is 64.7 cm³/mol. The van der Waals surface area contributed by atoms with E-state index in [9.17, 15) is 4.79 Å². The van der Waals surface area contributed by atoms with Crippen LogP contribution in [0.1, 0.15) is 27.7 Å². The smallest absolute Gasteiger partial charge is 0.374 e. The average Bonchev–Trinajstić information content (AvgIpc) is 2.04. The number of carbonyl (C=O) groups excluding carboxylic acids is 1. The van der Waals surface area contributed by atoms with E-state index in [4.69, 9.17) is 17.0 Å². The minimum Gasteiger partial charge on any atom is -0.455 e. The van der Waals surface area contributed by atoms with E-state index < -0.39 is 0 Å². The maximum absolute atomic E-state index is 11.2. The Labute approximate surface area is 95.2 Å². The van der Waals surface area contributed by atoms with Gasteiger partial charge in [0.15, 0.2) is 0 Å². The number of thiocarbonyl (C=S) groups is 1. The Morgan fingerprint density at radius 1 is 1.43 bits per heavy atom. The van der Waals surface area contributed by atoms with Crippen LogP contribution in [0.4, 0.5) is 4.79 Å². The molecule has 82 valence electrons. The quantitative estimate of drug-likeness (QED) is 0.554. The van der Waals surface area contributed by atoms with E-state index in [0.717, 1.165) is 24.9 Å². The lowest BCUT2D eigenvalue weighted by molar-refractivity contribution is 0.143. The van der Waals surface area contributed by atoms with Gasteiger partial charge >= 0.3 is 5.30 Å². The van der Waals surface area contributed by atoms with Gasteiger partial charge in [-0.1, -0.05) is 12.2 Å². The van der Waals surface area contributed by atoms with Gasteiger partial charge in [0.1, 0.15) is 4.32 Å². The third-order valence-electron chi connectivity index (χ3n) is 1.52. The molecule has 0 fully saturated rings. The van der Waals surface area contributed by atoms with Crippen molar-refractivity contribution in [2.24, 2.45) is 0 Å². The molecular formula is C9H17NO2S2. The van der Waals surface area contributed by atoms with Gasteiger partial charge in [-0.15, -0.1) is 0 Å². The molecule has 14 heavy (non-hydrogen) atoms. The predicted octanol–water partition coefficient (Wildman–Crippen LogP) is 2.89. The molecule has 0 N–H and O–H groups in total. The van der Waals surface area contributed by atoms with E-state index in [1.807, 2.05) is 32.6 Å². The van der Waals surface area contributed by atoms with Gasteiger partial charge in [0.25, 0.3) is 0 Å². The lowest BCUT2D eigenvalue weighted by Crippen LogP contribution is -2.27. The Balaban J connectivity index is 3.98. The molecule has 0 aromatic rings. The van der Waals surface area contributed by atoms with Crippen LogP contribution >= 0.6 is 24.0 Å². The van der Waals surface area contributed by atoms with Crippen molar-refractivity contribution in [1.29, 1.82) is 0 Å². The summed E-state index contributed by atoms with van der Waals surface area (Å²) in [6.07, 6.45) is -0.0884. The van der Waals surface area contributed by atoms with Crippen LogP contribution < -0.4 is 0 Å². The number of ether oxygens (including phenoxy) is 1. The van der Waals surface area contributed by atoms with Crippen LogP contribution in [0.25, 0.3) is 0 Å². The molecule has 0 amide bonds. The number of hydrogen-bond acceptors (Lipinski definition) is 4. The van der Waals surface area contributed by atoms with Crippen molar-refractivity contribution in [2.75, 3.05) is 13.1 Å². The van der Waals surface area contributed by atoms with Crippen LogP contribution in [0.2, 0.25) is 0 Å². The first-order chi connectivity index (χ1) is 6.51. The van der Waals surface area contributed by atoms with Gasteiger partial charge in [0.05, 0.1) is 6.10 Å². The molecule has 0 saturated heterocycles. The maximum atomic E-state index is 11.2. The van der Waals surface area contributed by atoms with Gasteiger partial charge in [-0.2, -0.15) is 0 Å². The molecule has 0 heterocycles. The van der Waals surface area contributed by atoms with Gasteiger partial charge in [-0.25, -0.2) is 4.79 Å². The fourth-order valence-corrected chi connectivity index (χ4v) is 2.07. The highest BCUT2D eigenvalue weighted by molar-refractivity contribution is 8.32. The second-order valence-electron chi connectivity index (χ2n) is 2.96. The molecule has 0 rings (SSSR count). The van der Waals surface area contributed by atoms with Crippen LogP contribution in [0.15, 0.2) is 0 Å². The van der Waals surface area contributed by atoms with E-state index in [2.05, 4.69) is 0 Å². The Kier molecular flexibility index (Phi) is 6.92. The molecular weight excluding hydrogens is 218 g/mol. The highest BCUT2D eigenvalue weighted by atomic mass is 32.2. The number of hydrogen-bond donors (Lipinski definition) is 0. The lowest BCUT2D eigenvalue weighted by Gasteiger charge is -2.20. The first kappa shape index (κ1) is 13.7. The maximum Gasteiger partial charge on any atom is 0.374 e. The molecule has 0 spiro atoms. The summed E-state index contributed by atoms with van der Waals surface area (Å²) in [7, 11) is 0. The molecule has 5 heteroatoms. The molecule has 0 unspecified atom stereocenters. The molecule has 0 saturated carbocycles. The van der Waals surface area contributed by atoms with E-state index in [1.54, 1.807) is 0 Å². The second-order valence-corrected chi connectivity index (χ2v) is 4.53. The standard InChI is InChI=1S/C9H17NO2S2/c1-5-10(6-2)8(13)14-9(11)12-7(3)4/h7H,5-6H2,1-4H3. The first-order valence-corrected chi connectivity index (χ1v) is 5.91.